The number of amides is 1. The van der Waals surface area contributed by atoms with Gasteiger partial charge in [0.25, 0.3) is 0 Å². The van der Waals surface area contributed by atoms with Gasteiger partial charge in [-0.3, -0.25) is 4.79 Å². The second-order valence-electron chi connectivity index (χ2n) is 7.39. The highest BCUT2D eigenvalue weighted by molar-refractivity contribution is 7.89. The highest BCUT2D eigenvalue weighted by atomic mass is 32.2. The lowest BCUT2D eigenvalue weighted by atomic mass is 10.1. The number of nitrogens with one attached hydrogen (secondary N) is 1. The molecule has 2 aromatic carbocycles. The topological polar surface area (TPSA) is 66.5 Å². The van der Waals surface area contributed by atoms with Crippen LogP contribution in [0.1, 0.15) is 50.3 Å². The average Bonchev–Trinajstić information content (AvgIpc) is 3.50. The first-order valence-corrected chi connectivity index (χ1v) is 11.4. The Labute approximate surface area is 172 Å². The summed E-state index contributed by atoms with van der Waals surface area (Å²) in [6.45, 7) is 6.34. The summed E-state index contributed by atoms with van der Waals surface area (Å²) in [4.78, 5) is 12.8. The summed E-state index contributed by atoms with van der Waals surface area (Å²) in [6, 6.07) is 12.7. The van der Waals surface area contributed by atoms with Gasteiger partial charge in [-0.05, 0) is 54.7 Å². The molecule has 3 rings (SSSR count). The van der Waals surface area contributed by atoms with Crippen molar-refractivity contribution in [3.05, 3.63) is 65.5 Å². The van der Waals surface area contributed by atoms with Crippen LogP contribution in [-0.2, 0) is 14.8 Å². The number of hydrogen-bond donors (Lipinski definition) is 1. The van der Waals surface area contributed by atoms with E-state index in [2.05, 4.69) is 5.32 Å². The lowest BCUT2D eigenvalue weighted by molar-refractivity contribution is -0.123. The molecular weight excluding hydrogens is 391 g/mol. The summed E-state index contributed by atoms with van der Waals surface area (Å²) in [6.07, 6.45) is 0.755. The molecule has 0 bridgehead atoms. The fourth-order valence-electron chi connectivity index (χ4n) is 3.61. The van der Waals surface area contributed by atoms with Gasteiger partial charge in [-0.1, -0.05) is 38.1 Å². The smallest absolute Gasteiger partial charge is 0.243 e. The van der Waals surface area contributed by atoms with E-state index in [9.17, 15) is 17.6 Å². The Morgan fingerprint density at radius 1 is 1.10 bits per heavy atom. The Balaban J connectivity index is 1.62. The van der Waals surface area contributed by atoms with Crippen LogP contribution in [0, 0.1) is 11.7 Å². The van der Waals surface area contributed by atoms with Crippen LogP contribution in [0.3, 0.4) is 0 Å². The van der Waals surface area contributed by atoms with E-state index in [1.807, 2.05) is 20.8 Å². The molecule has 0 radical (unpaired) electrons. The van der Waals surface area contributed by atoms with Gasteiger partial charge in [0.15, 0.2) is 0 Å². The quantitative estimate of drug-likeness (QED) is 0.708. The standard InChI is InChI=1S/C22H27FN2O3S/c1-4-25(5-2)29(27,28)19-12-8-16(9-13-19)15(3)24-22(26)21-14-20(21)17-6-10-18(23)11-7-17/h6-13,15,20-21H,4-5,14H2,1-3H3,(H,24,26). The van der Waals surface area contributed by atoms with Gasteiger partial charge in [-0.25, -0.2) is 12.8 Å². The van der Waals surface area contributed by atoms with Crippen LogP contribution in [0.5, 0.6) is 0 Å². The molecule has 7 heteroatoms. The van der Waals surface area contributed by atoms with Gasteiger partial charge in [0.05, 0.1) is 10.9 Å². The Bertz CT molecular complexity index is 955. The Morgan fingerprint density at radius 2 is 1.69 bits per heavy atom. The molecule has 3 unspecified atom stereocenters. The summed E-state index contributed by atoms with van der Waals surface area (Å²) in [5.41, 5.74) is 1.82. The van der Waals surface area contributed by atoms with Crippen LogP contribution in [-0.4, -0.2) is 31.7 Å². The van der Waals surface area contributed by atoms with Crippen molar-refractivity contribution in [3.63, 3.8) is 0 Å². The molecule has 1 saturated carbocycles. The van der Waals surface area contributed by atoms with Crippen molar-refractivity contribution in [1.29, 1.82) is 0 Å². The van der Waals surface area contributed by atoms with Gasteiger partial charge in [-0.15, -0.1) is 0 Å². The molecule has 156 valence electrons. The predicted octanol–water partition coefficient (Wildman–Crippen LogP) is 3.84. The van der Waals surface area contributed by atoms with E-state index in [1.54, 1.807) is 36.4 Å². The van der Waals surface area contributed by atoms with Crippen LogP contribution >= 0.6 is 0 Å². The van der Waals surface area contributed by atoms with Crippen molar-refractivity contribution in [2.45, 2.75) is 44.0 Å². The van der Waals surface area contributed by atoms with E-state index >= 15 is 0 Å². The molecule has 2 aromatic rings. The number of nitrogens with zero attached hydrogens (tertiary/aromatic N) is 1. The highest BCUT2D eigenvalue weighted by Gasteiger charge is 2.44. The van der Waals surface area contributed by atoms with E-state index in [0.29, 0.717) is 13.1 Å². The molecule has 1 amide bonds. The van der Waals surface area contributed by atoms with Crippen molar-refractivity contribution in [3.8, 4) is 0 Å². The molecule has 0 aliphatic heterocycles. The number of hydrogen-bond acceptors (Lipinski definition) is 3. The maximum Gasteiger partial charge on any atom is 0.243 e. The van der Waals surface area contributed by atoms with Crippen molar-refractivity contribution >= 4 is 15.9 Å². The number of carbonyl (C=O) groups is 1. The van der Waals surface area contributed by atoms with Crippen molar-refractivity contribution < 1.29 is 17.6 Å². The zero-order chi connectivity index (χ0) is 21.2. The zero-order valence-corrected chi connectivity index (χ0v) is 17.7. The molecule has 29 heavy (non-hydrogen) atoms. The van der Waals surface area contributed by atoms with Crippen LogP contribution in [0.2, 0.25) is 0 Å². The van der Waals surface area contributed by atoms with E-state index < -0.39 is 10.0 Å². The molecule has 5 nitrogen and oxygen atoms in total. The third-order valence-electron chi connectivity index (χ3n) is 5.51. The molecule has 0 saturated heterocycles. The Kier molecular flexibility index (Phi) is 6.39. The summed E-state index contributed by atoms with van der Waals surface area (Å²) in [5.74, 6) is -0.295. The van der Waals surface area contributed by atoms with Gasteiger partial charge in [0.2, 0.25) is 15.9 Å². The first-order chi connectivity index (χ1) is 13.8. The Hall–Kier alpha value is -2.25. The number of carbonyl (C=O) groups excluding carboxylic acids is 1. The van der Waals surface area contributed by atoms with Crippen molar-refractivity contribution in [2.24, 2.45) is 5.92 Å². The normalized spacial score (nSPS) is 19.8. The number of halogens is 1. The second-order valence-corrected chi connectivity index (χ2v) is 9.33. The Morgan fingerprint density at radius 3 is 2.24 bits per heavy atom. The van der Waals surface area contributed by atoms with Gasteiger partial charge < -0.3 is 5.32 Å². The van der Waals surface area contributed by atoms with Gasteiger partial charge in [0.1, 0.15) is 5.82 Å². The van der Waals surface area contributed by atoms with Crippen LogP contribution in [0.15, 0.2) is 53.4 Å². The van der Waals surface area contributed by atoms with Crippen LogP contribution in [0.4, 0.5) is 4.39 Å². The third kappa shape index (κ3) is 4.67. The minimum Gasteiger partial charge on any atom is -0.349 e. The second kappa shape index (κ2) is 8.63. The molecule has 0 spiro atoms. The summed E-state index contributed by atoms with van der Waals surface area (Å²) < 4.78 is 39.6. The molecule has 1 aliphatic rings. The lowest BCUT2D eigenvalue weighted by Crippen LogP contribution is -2.31. The summed E-state index contributed by atoms with van der Waals surface area (Å²) >= 11 is 0. The van der Waals surface area contributed by atoms with Crippen molar-refractivity contribution in [1.82, 2.24) is 9.62 Å². The molecule has 1 aliphatic carbocycles. The molecule has 0 aromatic heterocycles. The molecule has 3 atom stereocenters. The van der Waals surface area contributed by atoms with Crippen molar-refractivity contribution in [2.75, 3.05) is 13.1 Å². The third-order valence-corrected chi connectivity index (χ3v) is 7.57. The first-order valence-electron chi connectivity index (χ1n) is 9.93. The van der Waals surface area contributed by atoms with E-state index in [0.717, 1.165) is 17.5 Å². The minimum absolute atomic E-state index is 0.0355. The summed E-state index contributed by atoms with van der Waals surface area (Å²) in [7, 11) is -3.49. The maximum absolute atomic E-state index is 13.1. The first kappa shape index (κ1) is 21.5. The van der Waals surface area contributed by atoms with Gasteiger partial charge >= 0.3 is 0 Å². The average molecular weight is 419 g/mol. The van der Waals surface area contributed by atoms with Crippen LogP contribution < -0.4 is 5.32 Å². The predicted molar refractivity (Wildman–Crippen MR) is 110 cm³/mol. The van der Waals surface area contributed by atoms with Gasteiger partial charge in [-0.2, -0.15) is 4.31 Å². The maximum atomic E-state index is 13.1. The monoisotopic (exact) mass is 418 g/mol. The lowest BCUT2D eigenvalue weighted by Gasteiger charge is -2.19. The van der Waals surface area contributed by atoms with Crippen LogP contribution in [0.25, 0.3) is 0 Å². The zero-order valence-electron chi connectivity index (χ0n) is 16.9. The fourth-order valence-corrected chi connectivity index (χ4v) is 5.07. The van der Waals surface area contributed by atoms with Gasteiger partial charge in [0, 0.05) is 19.0 Å². The number of sulfonamides is 1. The fraction of sp³-hybridized carbons (Fsp3) is 0.409. The largest absolute Gasteiger partial charge is 0.349 e. The van der Waals surface area contributed by atoms with E-state index in [4.69, 9.17) is 0 Å². The number of benzene rings is 2. The minimum atomic E-state index is -3.49. The van der Waals surface area contributed by atoms with E-state index in [1.165, 1.54) is 16.4 Å². The summed E-state index contributed by atoms with van der Waals surface area (Å²) in [5, 5.41) is 3.00. The SMILES string of the molecule is CCN(CC)S(=O)(=O)c1ccc(C(C)NC(=O)C2CC2c2ccc(F)cc2)cc1. The molecule has 1 fully saturated rings. The molecular formula is C22H27FN2O3S. The molecule has 0 heterocycles. The highest BCUT2D eigenvalue weighted by Crippen LogP contribution is 2.47. The molecule has 1 N–H and O–H groups in total. The number of rotatable bonds is 8. The van der Waals surface area contributed by atoms with E-state index in [-0.39, 0.29) is 34.5 Å².